The topological polar surface area (TPSA) is 15.3 Å². The first kappa shape index (κ1) is 14.1. The molecule has 0 aromatic carbocycles. The van der Waals surface area contributed by atoms with E-state index in [0.717, 1.165) is 18.5 Å². The molecule has 2 unspecified atom stereocenters. The predicted molar refractivity (Wildman–Crippen MR) is 85.8 cm³/mol. The van der Waals surface area contributed by atoms with Gasteiger partial charge in [-0.05, 0) is 73.6 Å². The highest BCUT2D eigenvalue weighted by Gasteiger charge is 2.29. The summed E-state index contributed by atoms with van der Waals surface area (Å²) in [6.45, 7) is 7.13. The fourth-order valence-electron chi connectivity index (χ4n) is 3.49. The van der Waals surface area contributed by atoms with Crippen molar-refractivity contribution >= 4 is 27.3 Å². The third kappa shape index (κ3) is 3.41. The van der Waals surface area contributed by atoms with Crippen LogP contribution in [0.25, 0.3) is 0 Å². The molecule has 0 spiro atoms. The van der Waals surface area contributed by atoms with Crippen LogP contribution in [-0.4, -0.2) is 30.6 Å². The van der Waals surface area contributed by atoms with Crippen molar-refractivity contribution in [1.29, 1.82) is 0 Å². The highest BCUT2D eigenvalue weighted by molar-refractivity contribution is 9.10. The van der Waals surface area contributed by atoms with Gasteiger partial charge in [0.2, 0.25) is 0 Å². The monoisotopic (exact) mass is 342 g/mol. The molecule has 0 aliphatic carbocycles. The van der Waals surface area contributed by atoms with Gasteiger partial charge >= 0.3 is 0 Å². The number of likely N-dealkylation sites (tertiary alicyclic amines) is 1. The Bertz CT molecular complexity index is 406. The number of thiophene rings is 1. The van der Waals surface area contributed by atoms with Gasteiger partial charge in [-0.2, -0.15) is 0 Å². The summed E-state index contributed by atoms with van der Waals surface area (Å²) in [7, 11) is 0. The minimum Gasteiger partial charge on any atom is -0.314 e. The standard InChI is InChI=1S/C15H23BrN2S/c1-11-14(16)8-13(19-11)10-18-7-3-4-12(9-18)15-5-2-6-17-15/h8,12,15,17H,2-7,9-10H2,1H3. The van der Waals surface area contributed by atoms with Crippen LogP contribution in [0.2, 0.25) is 0 Å². The molecule has 2 aliphatic rings. The van der Waals surface area contributed by atoms with Crippen LogP contribution in [0.4, 0.5) is 0 Å². The summed E-state index contributed by atoms with van der Waals surface area (Å²) in [5.41, 5.74) is 0. The molecule has 2 nitrogen and oxygen atoms in total. The zero-order valence-corrected chi connectivity index (χ0v) is 14.0. The number of nitrogens with one attached hydrogen (secondary N) is 1. The van der Waals surface area contributed by atoms with E-state index in [1.54, 1.807) is 0 Å². The molecule has 2 atom stereocenters. The summed E-state index contributed by atoms with van der Waals surface area (Å²) >= 11 is 5.57. The van der Waals surface area contributed by atoms with Gasteiger partial charge in [0, 0.05) is 33.4 Å². The molecule has 2 aliphatic heterocycles. The first-order valence-electron chi connectivity index (χ1n) is 7.43. The van der Waals surface area contributed by atoms with Gasteiger partial charge in [-0.25, -0.2) is 0 Å². The zero-order valence-electron chi connectivity index (χ0n) is 11.6. The van der Waals surface area contributed by atoms with Gasteiger partial charge in [0.1, 0.15) is 0 Å². The molecule has 19 heavy (non-hydrogen) atoms. The van der Waals surface area contributed by atoms with Crippen molar-refractivity contribution in [2.45, 2.75) is 45.2 Å². The molecule has 0 saturated carbocycles. The van der Waals surface area contributed by atoms with Gasteiger partial charge in [-0.3, -0.25) is 4.90 Å². The molecule has 3 heterocycles. The van der Waals surface area contributed by atoms with E-state index in [-0.39, 0.29) is 0 Å². The summed E-state index contributed by atoms with van der Waals surface area (Å²) in [6.07, 6.45) is 5.55. The van der Waals surface area contributed by atoms with E-state index in [1.165, 1.54) is 59.5 Å². The Balaban J connectivity index is 1.58. The average molecular weight is 343 g/mol. The normalized spacial score (nSPS) is 28.9. The Kier molecular flexibility index (Phi) is 4.62. The van der Waals surface area contributed by atoms with Crippen LogP contribution in [0.1, 0.15) is 35.4 Å². The number of hydrogen-bond acceptors (Lipinski definition) is 3. The van der Waals surface area contributed by atoms with Gasteiger partial charge < -0.3 is 5.32 Å². The third-order valence-electron chi connectivity index (χ3n) is 4.50. The van der Waals surface area contributed by atoms with E-state index < -0.39 is 0 Å². The minimum absolute atomic E-state index is 0.791. The van der Waals surface area contributed by atoms with Crippen LogP contribution >= 0.6 is 27.3 Å². The molecule has 0 amide bonds. The summed E-state index contributed by atoms with van der Waals surface area (Å²) in [5.74, 6) is 0.876. The van der Waals surface area contributed by atoms with Gasteiger partial charge in [0.15, 0.2) is 0 Å². The predicted octanol–water partition coefficient (Wildman–Crippen LogP) is 3.78. The number of piperidine rings is 1. The Morgan fingerprint density at radius 3 is 3.00 bits per heavy atom. The number of nitrogens with zero attached hydrogens (tertiary/aromatic N) is 1. The number of halogens is 1. The molecular weight excluding hydrogens is 320 g/mol. The van der Waals surface area contributed by atoms with E-state index in [4.69, 9.17) is 0 Å². The van der Waals surface area contributed by atoms with Crippen LogP contribution in [0, 0.1) is 12.8 Å². The minimum atomic E-state index is 0.791. The highest BCUT2D eigenvalue weighted by atomic mass is 79.9. The second-order valence-corrected chi connectivity index (χ2v) is 8.15. The Morgan fingerprint density at radius 1 is 1.42 bits per heavy atom. The summed E-state index contributed by atoms with van der Waals surface area (Å²) in [5, 5.41) is 3.69. The van der Waals surface area contributed by atoms with E-state index in [1.807, 2.05) is 11.3 Å². The molecule has 3 rings (SSSR count). The quantitative estimate of drug-likeness (QED) is 0.898. The Morgan fingerprint density at radius 2 is 2.32 bits per heavy atom. The maximum Gasteiger partial charge on any atom is 0.0328 e. The molecule has 0 radical (unpaired) electrons. The SMILES string of the molecule is Cc1sc(CN2CCCC(C3CCCN3)C2)cc1Br. The van der Waals surface area contributed by atoms with Crippen LogP contribution in [0.3, 0.4) is 0 Å². The fraction of sp³-hybridized carbons (Fsp3) is 0.733. The van der Waals surface area contributed by atoms with Crippen molar-refractivity contribution in [3.63, 3.8) is 0 Å². The number of rotatable bonds is 3. The summed E-state index contributed by atoms with van der Waals surface area (Å²) in [4.78, 5) is 5.57. The van der Waals surface area contributed by atoms with Crippen molar-refractivity contribution in [2.24, 2.45) is 5.92 Å². The third-order valence-corrected chi connectivity index (χ3v) is 6.62. The molecule has 2 saturated heterocycles. The molecule has 1 N–H and O–H groups in total. The second-order valence-electron chi connectivity index (χ2n) is 5.96. The van der Waals surface area contributed by atoms with Crippen molar-refractivity contribution in [2.75, 3.05) is 19.6 Å². The maximum atomic E-state index is 3.69. The lowest BCUT2D eigenvalue weighted by atomic mass is 9.90. The summed E-state index contributed by atoms with van der Waals surface area (Å²) < 4.78 is 1.28. The van der Waals surface area contributed by atoms with E-state index in [2.05, 4.69) is 39.1 Å². The summed E-state index contributed by atoms with van der Waals surface area (Å²) in [6, 6.07) is 3.09. The number of aryl methyl sites for hydroxylation is 1. The molecule has 4 heteroatoms. The number of hydrogen-bond donors (Lipinski definition) is 1. The largest absolute Gasteiger partial charge is 0.314 e. The lowest BCUT2D eigenvalue weighted by Crippen LogP contribution is -2.43. The van der Waals surface area contributed by atoms with Gasteiger partial charge in [-0.1, -0.05) is 0 Å². The second kappa shape index (κ2) is 6.25. The van der Waals surface area contributed by atoms with E-state index >= 15 is 0 Å². The van der Waals surface area contributed by atoms with Crippen LogP contribution in [0.5, 0.6) is 0 Å². The molecule has 2 fully saturated rings. The van der Waals surface area contributed by atoms with Crippen LogP contribution in [0.15, 0.2) is 10.5 Å². The van der Waals surface area contributed by atoms with Crippen molar-refractivity contribution in [1.82, 2.24) is 10.2 Å². The van der Waals surface area contributed by atoms with Crippen molar-refractivity contribution in [3.8, 4) is 0 Å². The van der Waals surface area contributed by atoms with Gasteiger partial charge in [0.05, 0.1) is 0 Å². The fourth-order valence-corrected chi connectivity index (χ4v) is 5.14. The Labute approximate surface area is 128 Å². The van der Waals surface area contributed by atoms with Crippen molar-refractivity contribution in [3.05, 3.63) is 20.3 Å². The molecular formula is C15H23BrN2S. The van der Waals surface area contributed by atoms with E-state index in [0.29, 0.717) is 0 Å². The highest BCUT2D eigenvalue weighted by Crippen LogP contribution is 2.30. The molecule has 1 aromatic heterocycles. The zero-order chi connectivity index (χ0) is 13.2. The van der Waals surface area contributed by atoms with Gasteiger partial charge in [0.25, 0.3) is 0 Å². The smallest absolute Gasteiger partial charge is 0.0328 e. The maximum absolute atomic E-state index is 3.69. The molecule has 0 bridgehead atoms. The average Bonchev–Trinajstić information content (AvgIpc) is 3.01. The molecule has 1 aromatic rings. The van der Waals surface area contributed by atoms with E-state index in [9.17, 15) is 0 Å². The van der Waals surface area contributed by atoms with Crippen molar-refractivity contribution < 1.29 is 0 Å². The first-order chi connectivity index (χ1) is 9.22. The Hall–Kier alpha value is 0.100. The van der Waals surface area contributed by atoms with Crippen LogP contribution < -0.4 is 5.32 Å². The van der Waals surface area contributed by atoms with Gasteiger partial charge in [-0.15, -0.1) is 11.3 Å². The lowest BCUT2D eigenvalue weighted by molar-refractivity contribution is 0.146. The van der Waals surface area contributed by atoms with Crippen LogP contribution in [-0.2, 0) is 6.54 Å². The lowest BCUT2D eigenvalue weighted by Gasteiger charge is -2.35. The molecule has 106 valence electrons. The first-order valence-corrected chi connectivity index (χ1v) is 9.04.